The van der Waals surface area contributed by atoms with Gasteiger partial charge in [-0.15, -0.1) is 0 Å². The van der Waals surface area contributed by atoms with Crippen LogP contribution in [0.15, 0.2) is 30.3 Å². The Kier molecular flexibility index (Phi) is 4.03. The van der Waals surface area contributed by atoms with Crippen LogP contribution in [0.3, 0.4) is 0 Å². The topological polar surface area (TPSA) is 32.3 Å². The molecule has 3 heteroatoms. The Morgan fingerprint density at radius 1 is 1.24 bits per heavy atom. The van der Waals surface area contributed by atoms with Crippen molar-refractivity contribution in [2.24, 2.45) is 5.41 Å². The molecule has 2 aliphatic rings. The number of benzene rings is 1. The molecule has 1 amide bonds. The van der Waals surface area contributed by atoms with Crippen LogP contribution in [0, 0.1) is 5.41 Å². The lowest BCUT2D eigenvalue weighted by molar-refractivity contribution is -0.138. The number of hydrogen-bond donors (Lipinski definition) is 1. The van der Waals surface area contributed by atoms with Gasteiger partial charge in [0.05, 0.1) is 12.1 Å². The molecule has 0 aliphatic carbocycles. The summed E-state index contributed by atoms with van der Waals surface area (Å²) < 4.78 is 0. The molecule has 21 heavy (non-hydrogen) atoms. The van der Waals surface area contributed by atoms with Gasteiger partial charge in [0.15, 0.2) is 0 Å². The summed E-state index contributed by atoms with van der Waals surface area (Å²) in [6.45, 7) is 6.29. The Bertz CT molecular complexity index is 497. The van der Waals surface area contributed by atoms with Crippen molar-refractivity contribution in [3.63, 3.8) is 0 Å². The highest BCUT2D eigenvalue weighted by molar-refractivity contribution is 5.83. The van der Waals surface area contributed by atoms with E-state index < -0.39 is 0 Å². The molecular formula is C18H26N2O. The minimum absolute atomic E-state index is 0.0319. The molecule has 0 radical (unpaired) electrons. The first kappa shape index (κ1) is 14.6. The molecule has 3 rings (SSSR count). The number of piperidine rings is 1. The fraction of sp³-hybridized carbons (Fsp3) is 0.611. The van der Waals surface area contributed by atoms with Crippen molar-refractivity contribution in [2.75, 3.05) is 13.1 Å². The second-order valence-corrected chi connectivity index (χ2v) is 7.08. The second kappa shape index (κ2) is 5.80. The third-order valence-electron chi connectivity index (χ3n) is 5.10. The number of amides is 1. The summed E-state index contributed by atoms with van der Waals surface area (Å²) in [5.41, 5.74) is 1.33. The number of carbonyl (C=O) groups is 1. The van der Waals surface area contributed by atoms with Gasteiger partial charge in [-0.05, 0) is 43.2 Å². The van der Waals surface area contributed by atoms with Crippen molar-refractivity contribution in [1.82, 2.24) is 10.2 Å². The smallest absolute Gasteiger partial charge is 0.240 e. The van der Waals surface area contributed by atoms with Crippen molar-refractivity contribution in [1.29, 1.82) is 0 Å². The lowest BCUT2D eigenvalue weighted by Crippen LogP contribution is -2.56. The maximum absolute atomic E-state index is 13.1. The number of rotatable bonds is 2. The van der Waals surface area contributed by atoms with Crippen molar-refractivity contribution < 1.29 is 4.79 Å². The molecule has 2 atom stereocenters. The zero-order valence-corrected chi connectivity index (χ0v) is 13.1. The van der Waals surface area contributed by atoms with Crippen LogP contribution in [-0.2, 0) is 4.79 Å². The lowest BCUT2D eigenvalue weighted by atomic mass is 9.77. The molecule has 2 aliphatic heterocycles. The molecule has 1 aromatic rings. The Morgan fingerprint density at radius 3 is 2.71 bits per heavy atom. The fourth-order valence-electron chi connectivity index (χ4n) is 3.85. The molecule has 0 saturated carbocycles. The third-order valence-corrected chi connectivity index (χ3v) is 5.10. The number of nitrogens with one attached hydrogen (secondary N) is 1. The summed E-state index contributed by atoms with van der Waals surface area (Å²) in [7, 11) is 0. The van der Waals surface area contributed by atoms with Crippen molar-refractivity contribution in [3.8, 4) is 0 Å². The van der Waals surface area contributed by atoms with Crippen LogP contribution in [0.25, 0.3) is 0 Å². The molecule has 2 unspecified atom stereocenters. The molecule has 3 nitrogen and oxygen atoms in total. The molecule has 2 heterocycles. The third kappa shape index (κ3) is 2.84. The van der Waals surface area contributed by atoms with E-state index in [1.807, 2.05) is 6.07 Å². The van der Waals surface area contributed by atoms with Gasteiger partial charge in [0.2, 0.25) is 5.91 Å². The maximum Gasteiger partial charge on any atom is 0.240 e. The van der Waals surface area contributed by atoms with Gasteiger partial charge in [0.1, 0.15) is 0 Å². The highest BCUT2D eigenvalue weighted by Gasteiger charge is 2.42. The van der Waals surface area contributed by atoms with Crippen LogP contribution in [0.1, 0.15) is 51.1 Å². The number of nitrogens with zero attached hydrogens (tertiary/aromatic N) is 1. The summed E-state index contributed by atoms with van der Waals surface area (Å²) in [6, 6.07) is 10.7. The molecule has 0 aromatic heterocycles. The van der Waals surface area contributed by atoms with E-state index in [1.165, 1.54) is 12.0 Å². The quantitative estimate of drug-likeness (QED) is 0.906. The normalized spacial score (nSPS) is 28.6. The van der Waals surface area contributed by atoms with Gasteiger partial charge in [0, 0.05) is 6.54 Å². The minimum Gasteiger partial charge on any atom is -0.334 e. The van der Waals surface area contributed by atoms with Crippen LogP contribution in [0.2, 0.25) is 0 Å². The molecule has 2 saturated heterocycles. The van der Waals surface area contributed by atoms with E-state index in [4.69, 9.17) is 0 Å². The van der Waals surface area contributed by atoms with Crippen LogP contribution >= 0.6 is 0 Å². The summed E-state index contributed by atoms with van der Waals surface area (Å²) in [5.74, 6) is 0.297. The zero-order valence-electron chi connectivity index (χ0n) is 13.1. The van der Waals surface area contributed by atoms with Gasteiger partial charge in [-0.2, -0.15) is 0 Å². The summed E-state index contributed by atoms with van der Waals surface area (Å²) in [6.07, 6.45) is 4.49. The van der Waals surface area contributed by atoms with E-state index in [0.29, 0.717) is 5.91 Å². The maximum atomic E-state index is 13.1. The Morgan fingerprint density at radius 2 is 2.00 bits per heavy atom. The van der Waals surface area contributed by atoms with Crippen molar-refractivity contribution >= 4 is 5.91 Å². The summed E-state index contributed by atoms with van der Waals surface area (Å²) >= 11 is 0. The van der Waals surface area contributed by atoms with Gasteiger partial charge in [-0.3, -0.25) is 4.79 Å². The average Bonchev–Trinajstić information content (AvgIpc) is 2.96. The summed E-state index contributed by atoms with van der Waals surface area (Å²) in [5, 5.41) is 3.47. The highest BCUT2D eigenvalue weighted by Crippen LogP contribution is 2.36. The average molecular weight is 286 g/mol. The second-order valence-electron chi connectivity index (χ2n) is 7.08. The molecule has 0 bridgehead atoms. The molecule has 1 N–H and O–H groups in total. The summed E-state index contributed by atoms with van der Waals surface area (Å²) in [4.78, 5) is 15.2. The first-order valence-electron chi connectivity index (χ1n) is 8.18. The molecule has 0 spiro atoms. The van der Waals surface area contributed by atoms with E-state index in [1.54, 1.807) is 0 Å². The van der Waals surface area contributed by atoms with Crippen LogP contribution in [0.4, 0.5) is 0 Å². The monoisotopic (exact) mass is 286 g/mol. The van der Waals surface area contributed by atoms with Crippen LogP contribution in [0.5, 0.6) is 0 Å². The standard InChI is InChI=1S/C18H26N2O/c1-18(2)11-7-12-19-16(18)17(21)20-13-6-10-15(20)14-8-4-3-5-9-14/h3-5,8-9,15-16,19H,6-7,10-13H2,1-2H3. The van der Waals surface area contributed by atoms with Crippen molar-refractivity contribution in [2.45, 2.75) is 51.6 Å². The number of hydrogen-bond acceptors (Lipinski definition) is 2. The predicted octanol–water partition coefficient (Wildman–Crippen LogP) is 3.13. The van der Waals surface area contributed by atoms with E-state index in [-0.39, 0.29) is 17.5 Å². The van der Waals surface area contributed by atoms with E-state index >= 15 is 0 Å². The van der Waals surface area contributed by atoms with E-state index in [0.717, 1.165) is 32.4 Å². The van der Waals surface area contributed by atoms with E-state index in [9.17, 15) is 4.79 Å². The van der Waals surface area contributed by atoms with Crippen LogP contribution in [-0.4, -0.2) is 29.9 Å². The van der Waals surface area contributed by atoms with Gasteiger partial charge >= 0.3 is 0 Å². The first-order valence-corrected chi connectivity index (χ1v) is 8.18. The van der Waals surface area contributed by atoms with Gasteiger partial charge in [-0.1, -0.05) is 44.2 Å². The van der Waals surface area contributed by atoms with Gasteiger partial charge in [-0.25, -0.2) is 0 Å². The predicted molar refractivity (Wildman–Crippen MR) is 84.9 cm³/mol. The van der Waals surface area contributed by atoms with Crippen LogP contribution < -0.4 is 5.32 Å². The largest absolute Gasteiger partial charge is 0.334 e. The SMILES string of the molecule is CC1(C)CCCNC1C(=O)N1CCCC1c1ccccc1. The molecular weight excluding hydrogens is 260 g/mol. The molecule has 1 aromatic carbocycles. The lowest BCUT2D eigenvalue weighted by Gasteiger charge is -2.41. The molecule has 114 valence electrons. The fourth-order valence-corrected chi connectivity index (χ4v) is 3.85. The Balaban J connectivity index is 1.80. The number of likely N-dealkylation sites (tertiary alicyclic amines) is 1. The van der Waals surface area contributed by atoms with Gasteiger partial charge in [0.25, 0.3) is 0 Å². The minimum atomic E-state index is -0.0319. The molecule has 2 fully saturated rings. The van der Waals surface area contributed by atoms with Crippen molar-refractivity contribution in [3.05, 3.63) is 35.9 Å². The Hall–Kier alpha value is -1.35. The Labute approximate surface area is 127 Å². The van der Waals surface area contributed by atoms with Gasteiger partial charge < -0.3 is 10.2 Å². The number of carbonyl (C=O) groups excluding carboxylic acids is 1. The zero-order chi connectivity index (χ0) is 14.9. The van der Waals surface area contributed by atoms with E-state index in [2.05, 4.69) is 48.3 Å². The highest BCUT2D eigenvalue weighted by atomic mass is 16.2. The first-order chi connectivity index (χ1) is 10.1.